The summed E-state index contributed by atoms with van der Waals surface area (Å²) in [5.41, 5.74) is 0.209. The number of nitrogens with zero attached hydrogens (tertiary/aromatic N) is 3. The number of ether oxygens (including phenoxy) is 1. The van der Waals surface area contributed by atoms with E-state index in [-0.39, 0.29) is 22.8 Å². The number of morpholine rings is 1. The first-order chi connectivity index (χ1) is 9.09. The zero-order valence-corrected chi connectivity index (χ0v) is 11.0. The second-order valence-electron chi connectivity index (χ2n) is 4.77. The van der Waals surface area contributed by atoms with Crippen LogP contribution in [0.25, 0.3) is 0 Å². The highest BCUT2D eigenvalue weighted by atomic mass is 32.2. The van der Waals surface area contributed by atoms with Gasteiger partial charge in [0.15, 0.2) is 0 Å². The normalized spacial score (nSPS) is 27.1. The summed E-state index contributed by atoms with van der Waals surface area (Å²) >= 11 is 0. The number of fused-ring (bicyclic) bond motifs is 2. The van der Waals surface area contributed by atoms with Crippen molar-refractivity contribution in [3.05, 3.63) is 24.0 Å². The van der Waals surface area contributed by atoms with Crippen molar-refractivity contribution >= 4 is 10.0 Å². The molecule has 0 aromatic carbocycles. The lowest BCUT2D eigenvalue weighted by atomic mass is 10.2. The zero-order valence-electron chi connectivity index (χ0n) is 10.2. The van der Waals surface area contributed by atoms with Gasteiger partial charge in [0.05, 0.1) is 12.2 Å². The average Bonchev–Trinajstić information content (AvgIpc) is 2.77. The van der Waals surface area contributed by atoms with Crippen LogP contribution in [0.3, 0.4) is 0 Å². The van der Waals surface area contributed by atoms with Crippen molar-refractivity contribution < 1.29 is 13.2 Å². The van der Waals surface area contributed by atoms with E-state index in [1.54, 1.807) is 0 Å². The van der Waals surface area contributed by atoms with Gasteiger partial charge < -0.3 is 4.74 Å². The molecule has 3 rings (SSSR count). The molecule has 0 N–H and O–H groups in total. The fourth-order valence-electron chi connectivity index (χ4n) is 2.52. The summed E-state index contributed by atoms with van der Waals surface area (Å²) in [6, 6.07) is 4.72. The maximum atomic E-state index is 12.5. The fraction of sp³-hybridized carbons (Fsp3) is 0.500. The Balaban J connectivity index is 1.87. The van der Waals surface area contributed by atoms with Crippen LogP contribution in [0.2, 0.25) is 0 Å². The van der Waals surface area contributed by atoms with Crippen LogP contribution in [-0.2, 0) is 14.8 Å². The molecule has 2 saturated heterocycles. The highest BCUT2D eigenvalue weighted by Gasteiger charge is 2.39. The first kappa shape index (κ1) is 12.5. The predicted molar refractivity (Wildman–Crippen MR) is 65.6 cm³/mol. The average molecular weight is 279 g/mol. The Bertz CT molecular complexity index is 609. The summed E-state index contributed by atoms with van der Waals surface area (Å²) in [5.74, 6) is 0. The second-order valence-corrected chi connectivity index (χ2v) is 6.71. The summed E-state index contributed by atoms with van der Waals surface area (Å²) < 4.78 is 32.0. The van der Waals surface area contributed by atoms with Gasteiger partial charge in [-0.05, 0) is 25.0 Å². The third-order valence-electron chi connectivity index (χ3n) is 3.50. The lowest BCUT2D eigenvalue weighted by molar-refractivity contribution is -0.0114. The van der Waals surface area contributed by atoms with Crippen molar-refractivity contribution in [1.29, 1.82) is 5.26 Å². The van der Waals surface area contributed by atoms with Crippen molar-refractivity contribution in [3.63, 3.8) is 0 Å². The molecule has 19 heavy (non-hydrogen) atoms. The number of hydrogen-bond donors (Lipinski definition) is 0. The summed E-state index contributed by atoms with van der Waals surface area (Å²) in [6.45, 7) is 0.803. The van der Waals surface area contributed by atoms with Gasteiger partial charge >= 0.3 is 0 Å². The van der Waals surface area contributed by atoms with Gasteiger partial charge in [0, 0.05) is 19.3 Å². The third-order valence-corrected chi connectivity index (χ3v) is 5.31. The van der Waals surface area contributed by atoms with Gasteiger partial charge in [-0.1, -0.05) is 0 Å². The minimum absolute atomic E-state index is 0.0138. The van der Waals surface area contributed by atoms with Crippen LogP contribution in [-0.4, -0.2) is 43.0 Å². The van der Waals surface area contributed by atoms with E-state index in [9.17, 15) is 8.42 Å². The number of sulfonamides is 1. The van der Waals surface area contributed by atoms with Gasteiger partial charge in [-0.3, -0.25) is 0 Å². The molecule has 7 heteroatoms. The van der Waals surface area contributed by atoms with E-state index < -0.39 is 10.0 Å². The van der Waals surface area contributed by atoms with E-state index >= 15 is 0 Å². The SMILES string of the molecule is N#Cc1ccc(S(=O)(=O)N2CC3CCC(C2)O3)cn1. The molecule has 2 aliphatic heterocycles. The molecule has 2 unspecified atom stereocenters. The minimum Gasteiger partial charge on any atom is -0.372 e. The van der Waals surface area contributed by atoms with E-state index in [4.69, 9.17) is 10.00 Å². The predicted octanol–water partition coefficient (Wildman–Crippen LogP) is 0.505. The Hall–Kier alpha value is -1.49. The summed E-state index contributed by atoms with van der Waals surface area (Å²) in [7, 11) is -3.53. The molecule has 1 aromatic heterocycles. The number of rotatable bonds is 2. The molecule has 0 spiro atoms. The Morgan fingerprint density at radius 2 is 2.00 bits per heavy atom. The van der Waals surface area contributed by atoms with E-state index in [0.717, 1.165) is 12.8 Å². The lowest BCUT2D eigenvalue weighted by Crippen LogP contribution is -2.45. The van der Waals surface area contributed by atoms with E-state index in [0.29, 0.717) is 13.1 Å². The quantitative estimate of drug-likeness (QED) is 0.787. The highest BCUT2D eigenvalue weighted by molar-refractivity contribution is 7.89. The van der Waals surface area contributed by atoms with Gasteiger partial charge in [-0.15, -0.1) is 0 Å². The van der Waals surface area contributed by atoms with E-state index in [1.165, 1.54) is 22.6 Å². The maximum Gasteiger partial charge on any atom is 0.244 e. The summed E-state index contributed by atoms with van der Waals surface area (Å²) in [4.78, 5) is 3.95. The molecule has 2 aliphatic rings. The Morgan fingerprint density at radius 1 is 1.32 bits per heavy atom. The van der Waals surface area contributed by atoms with Crippen molar-refractivity contribution in [2.45, 2.75) is 29.9 Å². The number of pyridine rings is 1. The first-order valence-electron chi connectivity index (χ1n) is 6.11. The molecule has 0 amide bonds. The summed E-state index contributed by atoms with van der Waals surface area (Å²) in [5, 5.41) is 8.67. The molecule has 6 nitrogen and oxygen atoms in total. The Labute approximate surface area is 111 Å². The van der Waals surface area contributed by atoms with Gasteiger partial charge in [0.25, 0.3) is 0 Å². The van der Waals surface area contributed by atoms with Crippen LogP contribution >= 0.6 is 0 Å². The molecule has 0 saturated carbocycles. The molecule has 3 heterocycles. The van der Waals surface area contributed by atoms with Crippen LogP contribution in [0, 0.1) is 11.3 Å². The number of nitriles is 1. The molecule has 100 valence electrons. The monoisotopic (exact) mass is 279 g/mol. The minimum atomic E-state index is -3.53. The molecular weight excluding hydrogens is 266 g/mol. The molecule has 0 radical (unpaired) electrons. The van der Waals surface area contributed by atoms with Crippen LogP contribution < -0.4 is 0 Å². The van der Waals surface area contributed by atoms with Gasteiger partial charge in [0.1, 0.15) is 16.7 Å². The van der Waals surface area contributed by atoms with Gasteiger partial charge in [-0.2, -0.15) is 9.57 Å². The van der Waals surface area contributed by atoms with E-state index in [1.807, 2.05) is 6.07 Å². The van der Waals surface area contributed by atoms with Crippen LogP contribution in [0.4, 0.5) is 0 Å². The second kappa shape index (κ2) is 4.56. The van der Waals surface area contributed by atoms with Crippen LogP contribution in [0.5, 0.6) is 0 Å². The fourth-order valence-corrected chi connectivity index (χ4v) is 3.97. The molecule has 2 bridgehead atoms. The zero-order chi connectivity index (χ0) is 13.5. The van der Waals surface area contributed by atoms with Crippen LogP contribution in [0.1, 0.15) is 18.5 Å². The molecule has 1 aromatic rings. The smallest absolute Gasteiger partial charge is 0.244 e. The molecular formula is C12H13N3O3S. The molecule has 0 aliphatic carbocycles. The third kappa shape index (κ3) is 2.23. The van der Waals surface area contributed by atoms with Crippen LogP contribution in [0.15, 0.2) is 23.2 Å². The summed E-state index contributed by atoms with van der Waals surface area (Å²) in [6.07, 6.45) is 3.11. The number of aromatic nitrogens is 1. The van der Waals surface area contributed by atoms with E-state index in [2.05, 4.69) is 4.98 Å². The Kier molecular flexibility index (Phi) is 3.01. The standard InChI is InChI=1S/C12H13N3O3S/c13-5-9-1-4-12(6-14-9)19(16,17)15-7-10-2-3-11(8-15)18-10/h1,4,6,10-11H,2-3,7-8H2. The maximum absolute atomic E-state index is 12.5. The van der Waals surface area contributed by atoms with Crippen molar-refractivity contribution in [3.8, 4) is 6.07 Å². The number of hydrogen-bond acceptors (Lipinski definition) is 5. The van der Waals surface area contributed by atoms with Crippen molar-refractivity contribution in [2.75, 3.05) is 13.1 Å². The topological polar surface area (TPSA) is 83.3 Å². The molecule has 2 atom stereocenters. The first-order valence-corrected chi connectivity index (χ1v) is 7.55. The van der Waals surface area contributed by atoms with Crippen molar-refractivity contribution in [2.24, 2.45) is 0 Å². The Morgan fingerprint density at radius 3 is 2.53 bits per heavy atom. The van der Waals surface area contributed by atoms with Gasteiger partial charge in [-0.25, -0.2) is 13.4 Å². The largest absolute Gasteiger partial charge is 0.372 e. The lowest BCUT2D eigenvalue weighted by Gasteiger charge is -2.31. The van der Waals surface area contributed by atoms with Crippen molar-refractivity contribution in [1.82, 2.24) is 9.29 Å². The highest BCUT2D eigenvalue weighted by Crippen LogP contribution is 2.29. The van der Waals surface area contributed by atoms with Gasteiger partial charge in [0.2, 0.25) is 10.0 Å². The molecule has 2 fully saturated rings.